The zero-order valence-electron chi connectivity index (χ0n) is 12.3. The molecule has 0 saturated heterocycles. The highest BCUT2D eigenvalue weighted by atomic mass is 16.6. The Kier molecular flexibility index (Phi) is 4.16. The molecule has 0 aliphatic heterocycles. The Labute approximate surface area is 119 Å². The smallest absolute Gasteiger partial charge is 0.273 e. The Morgan fingerprint density at radius 2 is 2.15 bits per heavy atom. The number of anilines is 1. The van der Waals surface area contributed by atoms with E-state index in [2.05, 4.69) is 19.2 Å². The lowest BCUT2D eigenvalue weighted by Crippen LogP contribution is -2.38. The standard InChI is InChI=1S/C15H22N2O3/c1-15(2)9-5-4-6-14(15)16-12-8-7-11(17(18)19)10-13(12)20-3/h7-8,10,14,16H,4-6,9H2,1-3H3. The maximum Gasteiger partial charge on any atom is 0.273 e. The SMILES string of the molecule is COc1cc([N+](=O)[O-])ccc1NC1CCCCC1(C)C. The first kappa shape index (κ1) is 14.6. The summed E-state index contributed by atoms with van der Waals surface area (Å²) >= 11 is 0. The molecule has 1 fully saturated rings. The summed E-state index contributed by atoms with van der Waals surface area (Å²) in [6.07, 6.45) is 4.80. The van der Waals surface area contributed by atoms with Gasteiger partial charge >= 0.3 is 0 Å². The number of methoxy groups -OCH3 is 1. The van der Waals surface area contributed by atoms with Crippen LogP contribution in [-0.4, -0.2) is 18.1 Å². The van der Waals surface area contributed by atoms with Crippen LogP contribution in [0.25, 0.3) is 0 Å². The number of hydrogen-bond acceptors (Lipinski definition) is 4. The molecule has 1 aromatic carbocycles. The van der Waals surface area contributed by atoms with E-state index < -0.39 is 4.92 Å². The van der Waals surface area contributed by atoms with Gasteiger partial charge in [-0.2, -0.15) is 0 Å². The van der Waals surface area contributed by atoms with Crippen molar-refractivity contribution in [1.82, 2.24) is 0 Å². The Hall–Kier alpha value is -1.78. The van der Waals surface area contributed by atoms with Crippen molar-refractivity contribution in [3.8, 4) is 5.75 Å². The third kappa shape index (κ3) is 3.03. The molecular formula is C15H22N2O3. The molecule has 5 heteroatoms. The van der Waals surface area contributed by atoms with Crippen LogP contribution < -0.4 is 10.1 Å². The second kappa shape index (κ2) is 5.69. The predicted octanol–water partition coefficient (Wildman–Crippen LogP) is 3.98. The Morgan fingerprint density at radius 1 is 1.40 bits per heavy atom. The van der Waals surface area contributed by atoms with E-state index in [0.29, 0.717) is 11.8 Å². The maximum atomic E-state index is 10.8. The summed E-state index contributed by atoms with van der Waals surface area (Å²) in [5.74, 6) is 0.528. The van der Waals surface area contributed by atoms with E-state index in [1.54, 1.807) is 6.07 Å². The average molecular weight is 278 g/mol. The Balaban J connectivity index is 2.22. The Bertz CT molecular complexity index is 500. The van der Waals surface area contributed by atoms with Gasteiger partial charge in [0.2, 0.25) is 0 Å². The molecule has 1 aromatic rings. The van der Waals surface area contributed by atoms with Gasteiger partial charge in [0.25, 0.3) is 5.69 Å². The van der Waals surface area contributed by atoms with E-state index in [1.165, 1.54) is 38.5 Å². The van der Waals surface area contributed by atoms with Gasteiger partial charge in [0.05, 0.1) is 23.8 Å². The number of non-ortho nitro benzene ring substituents is 1. The van der Waals surface area contributed by atoms with Crippen LogP contribution in [0.1, 0.15) is 39.5 Å². The van der Waals surface area contributed by atoms with Gasteiger partial charge in [-0.3, -0.25) is 10.1 Å². The van der Waals surface area contributed by atoms with Gasteiger partial charge in [-0.1, -0.05) is 26.7 Å². The molecule has 2 rings (SSSR count). The minimum atomic E-state index is -0.406. The molecule has 0 spiro atoms. The fourth-order valence-electron chi connectivity index (χ4n) is 2.86. The van der Waals surface area contributed by atoms with Crippen molar-refractivity contribution in [3.63, 3.8) is 0 Å². The van der Waals surface area contributed by atoms with Crippen LogP contribution in [0.15, 0.2) is 18.2 Å². The van der Waals surface area contributed by atoms with Gasteiger partial charge in [-0.25, -0.2) is 0 Å². The normalized spacial score (nSPS) is 21.2. The van der Waals surface area contributed by atoms with Crippen molar-refractivity contribution < 1.29 is 9.66 Å². The van der Waals surface area contributed by atoms with Gasteiger partial charge in [0, 0.05) is 12.1 Å². The second-order valence-corrected chi connectivity index (χ2v) is 6.07. The van der Waals surface area contributed by atoms with Crippen molar-refractivity contribution in [1.29, 1.82) is 0 Å². The predicted molar refractivity (Wildman–Crippen MR) is 79.3 cm³/mol. The summed E-state index contributed by atoms with van der Waals surface area (Å²) in [5, 5.41) is 14.3. The Morgan fingerprint density at radius 3 is 2.75 bits per heavy atom. The molecule has 1 saturated carbocycles. The second-order valence-electron chi connectivity index (χ2n) is 6.07. The fourth-order valence-corrected chi connectivity index (χ4v) is 2.86. The van der Waals surface area contributed by atoms with Crippen molar-refractivity contribution in [2.45, 2.75) is 45.6 Å². The number of nitro benzene ring substituents is 1. The largest absolute Gasteiger partial charge is 0.494 e. The maximum absolute atomic E-state index is 10.8. The fraction of sp³-hybridized carbons (Fsp3) is 0.600. The van der Waals surface area contributed by atoms with Gasteiger partial charge in [-0.05, 0) is 24.3 Å². The lowest BCUT2D eigenvalue weighted by Gasteiger charge is -2.39. The van der Waals surface area contributed by atoms with Crippen molar-refractivity contribution in [2.75, 3.05) is 12.4 Å². The van der Waals surface area contributed by atoms with E-state index in [-0.39, 0.29) is 11.1 Å². The number of nitro groups is 1. The van der Waals surface area contributed by atoms with Gasteiger partial charge in [0.15, 0.2) is 0 Å². The number of ether oxygens (including phenoxy) is 1. The molecule has 1 N–H and O–H groups in total. The topological polar surface area (TPSA) is 64.4 Å². The average Bonchev–Trinajstić information content (AvgIpc) is 2.41. The molecule has 20 heavy (non-hydrogen) atoms. The first-order valence-corrected chi connectivity index (χ1v) is 7.03. The molecule has 1 aliphatic rings. The van der Waals surface area contributed by atoms with Gasteiger partial charge in [-0.15, -0.1) is 0 Å². The summed E-state index contributed by atoms with van der Waals surface area (Å²) in [4.78, 5) is 10.4. The molecule has 0 radical (unpaired) electrons. The number of hydrogen-bond donors (Lipinski definition) is 1. The van der Waals surface area contributed by atoms with Crippen molar-refractivity contribution in [2.24, 2.45) is 5.41 Å². The molecule has 110 valence electrons. The van der Waals surface area contributed by atoms with Crippen LogP contribution in [0.3, 0.4) is 0 Å². The minimum absolute atomic E-state index is 0.0512. The lowest BCUT2D eigenvalue weighted by molar-refractivity contribution is -0.384. The summed E-state index contributed by atoms with van der Waals surface area (Å²) < 4.78 is 5.28. The summed E-state index contributed by atoms with van der Waals surface area (Å²) in [6, 6.07) is 5.09. The van der Waals surface area contributed by atoms with Crippen LogP contribution in [0, 0.1) is 15.5 Å². The van der Waals surface area contributed by atoms with Crippen LogP contribution >= 0.6 is 0 Å². The number of benzene rings is 1. The molecule has 1 atom stereocenters. The summed E-state index contributed by atoms with van der Waals surface area (Å²) in [5.41, 5.74) is 1.11. The van der Waals surface area contributed by atoms with E-state index in [0.717, 1.165) is 12.1 Å². The molecule has 0 amide bonds. The molecule has 1 aliphatic carbocycles. The van der Waals surface area contributed by atoms with E-state index >= 15 is 0 Å². The molecule has 0 aromatic heterocycles. The number of nitrogens with one attached hydrogen (secondary N) is 1. The van der Waals surface area contributed by atoms with Gasteiger partial charge < -0.3 is 10.1 Å². The number of rotatable bonds is 4. The third-order valence-electron chi connectivity index (χ3n) is 4.23. The zero-order valence-corrected chi connectivity index (χ0v) is 12.3. The first-order chi connectivity index (χ1) is 9.44. The molecule has 0 heterocycles. The van der Waals surface area contributed by atoms with Crippen molar-refractivity contribution in [3.05, 3.63) is 28.3 Å². The van der Waals surface area contributed by atoms with Crippen LogP contribution in [0.5, 0.6) is 5.75 Å². The van der Waals surface area contributed by atoms with E-state index in [1.807, 2.05) is 0 Å². The highest BCUT2D eigenvalue weighted by Crippen LogP contribution is 2.39. The highest BCUT2D eigenvalue weighted by molar-refractivity contribution is 5.61. The van der Waals surface area contributed by atoms with E-state index in [9.17, 15) is 10.1 Å². The quantitative estimate of drug-likeness (QED) is 0.668. The van der Waals surface area contributed by atoms with Crippen molar-refractivity contribution >= 4 is 11.4 Å². The number of nitrogens with zero attached hydrogens (tertiary/aromatic N) is 1. The highest BCUT2D eigenvalue weighted by Gasteiger charge is 2.32. The van der Waals surface area contributed by atoms with E-state index in [4.69, 9.17) is 4.74 Å². The molecule has 0 bridgehead atoms. The molecular weight excluding hydrogens is 256 g/mol. The van der Waals surface area contributed by atoms with Gasteiger partial charge in [0.1, 0.15) is 5.75 Å². The lowest BCUT2D eigenvalue weighted by atomic mass is 9.73. The zero-order chi connectivity index (χ0) is 14.8. The molecule has 1 unspecified atom stereocenters. The summed E-state index contributed by atoms with van der Waals surface area (Å²) in [6.45, 7) is 4.53. The minimum Gasteiger partial charge on any atom is -0.494 e. The van der Waals surface area contributed by atoms with Crippen LogP contribution in [0.2, 0.25) is 0 Å². The molecule has 5 nitrogen and oxygen atoms in total. The first-order valence-electron chi connectivity index (χ1n) is 7.03. The summed E-state index contributed by atoms with van der Waals surface area (Å²) in [7, 11) is 1.54. The monoisotopic (exact) mass is 278 g/mol. The van der Waals surface area contributed by atoms with Crippen LogP contribution in [0.4, 0.5) is 11.4 Å². The third-order valence-corrected chi connectivity index (χ3v) is 4.23. The van der Waals surface area contributed by atoms with Crippen LogP contribution in [-0.2, 0) is 0 Å².